The SMILES string of the molecule is Cc1ccc(-c2csc(NC(=O)COC(=O)C3CCN(S(=O)(=O)c4cccs4)CC3)n2)cc1. The second-order valence-electron chi connectivity index (χ2n) is 7.67. The molecule has 0 spiro atoms. The van der Waals surface area contributed by atoms with Crippen molar-refractivity contribution >= 4 is 49.7 Å². The average molecular weight is 506 g/mol. The Balaban J connectivity index is 1.23. The van der Waals surface area contributed by atoms with Crippen LogP contribution < -0.4 is 5.32 Å². The minimum absolute atomic E-state index is 0.243. The molecule has 3 aromatic rings. The van der Waals surface area contributed by atoms with Gasteiger partial charge in [0, 0.05) is 24.0 Å². The number of anilines is 1. The van der Waals surface area contributed by atoms with Crippen molar-refractivity contribution in [2.75, 3.05) is 25.0 Å². The molecule has 1 N–H and O–H groups in total. The summed E-state index contributed by atoms with van der Waals surface area (Å²) in [7, 11) is -3.52. The summed E-state index contributed by atoms with van der Waals surface area (Å²) in [5.74, 6) is -1.38. The number of piperidine rings is 1. The van der Waals surface area contributed by atoms with Crippen LogP contribution in [0.2, 0.25) is 0 Å². The fraction of sp³-hybridized carbons (Fsp3) is 0.318. The lowest BCUT2D eigenvalue weighted by molar-refractivity contribution is -0.152. The Labute approximate surface area is 200 Å². The Morgan fingerprint density at radius 3 is 2.55 bits per heavy atom. The highest BCUT2D eigenvalue weighted by molar-refractivity contribution is 7.91. The molecule has 1 saturated heterocycles. The van der Waals surface area contributed by atoms with Crippen LogP contribution in [0.3, 0.4) is 0 Å². The molecule has 33 heavy (non-hydrogen) atoms. The van der Waals surface area contributed by atoms with Crippen LogP contribution in [0.5, 0.6) is 0 Å². The molecule has 0 radical (unpaired) electrons. The number of thiazole rings is 1. The number of carbonyl (C=O) groups is 2. The molecule has 1 amide bonds. The summed E-state index contributed by atoms with van der Waals surface area (Å²) < 4.78 is 32.0. The summed E-state index contributed by atoms with van der Waals surface area (Å²) in [6.07, 6.45) is 0.717. The summed E-state index contributed by atoms with van der Waals surface area (Å²) in [5.41, 5.74) is 2.87. The van der Waals surface area contributed by atoms with Crippen LogP contribution in [0.4, 0.5) is 5.13 Å². The van der Waals surface area contributed by atoms with Crippen molar-refractivity contribution < 1.29 is 22.7 Å². The van der Waals surface area contributed by atoms with E-state index < -0.39 is 34.4 Å². The monoisotopic (exact) mass is 505 g/mol. The lowest BCUT2D eigenvalue weighted by Gasteiger charge is -2.29. The number of esters is 1. The highest BCUT2D eigenvalue weighted by Gasteiger charge is 2.33. The minimum atomic E-state index is -3.52. The Kier molecular flexibility index (Phi) is 7.23. The molecule has 2 aromatic heterocycles. The van der Waals surface area contributed by atoms with Crippen LogP contribution in [0.1, 0.15) is 18.4 Å². The topological polar surface area (TPSA) is 106 Å². The largest absolute Gasteiger partial charge is 0.455 e. The molecule has 1 aliphatic rings. The first-order valence-electron chi connectivity index (χ1n) is 10.4. The summed E-state index contributed by atoms with van der Waals surface area (Å²) >= 11 is 2.47. The molecule has 0 atom stereocenters. The normalized spacial score (nSPS) is 15.3. The smallest absolute Gasteiger partial charge is 0.309 e. The molecule has 0 saturated carbocycles. The molecule has 8 nitrogen and oxygen atoms in total. The highest BCUT2D eigenvalue weighted by atomic mass is 32.2. The predicted octanol–water partition coefficient (Wildman–Crippen LogP) is 3.76. The van der Waals surface area contributed by atoms with E-state index in [2.05, 4.69) is 10.3 Å². The van der Waals surface area contributed by atoms with E-state index >= 15 is 0 Å². The Morgan fingerprint density at radius 2 is 1.88 bits per heavy atom. The van der Waals surface area contributed by atoms with Crippen LogP contribution >= 0.6 is 22.7 Å². The van der Waals surface area contributed by atoms with Crippen molar-refractivity contribution in [3.8, 4) is 11.3 Å². The molecule has 1 aromatic carbocycles. The van der Waals surface area contributed by atoms with Crippen LogP contribution in [-0.2, 0) is 24.3 Å². The number of rotatable bonds is 7. The number of sulfonamides is 1. The third kappa shape index (κ3) is 5.67. The number of hydrogen-bond acceptors (Lipinski definition) is 8. The first kappa shape index (κ1) is 23.6. The maximum Gasteiger partial charge on any atom is 0.309 e. The molecule has 4 rings (SSSR count). The average Bonchev–Trinajstić information content (AvgIpc) is 3.51. The van der Waals surface area contributed by atoms with Gasteiger partial charge in [0.1, 0.15) is 4.21 Å². The van der Waals surface area contributed by atoms with Gasteiger partial charge in [-0.2, -0.15) is 4.31 Å². The van der Waals surface area contributed by atoms with Crippen LogP contribution in [-0.4, -0.2) is 49.3 Å². The fourth-order valence-corrected chi connectivity index (χ4v) is 6.82. The van der Waals surface area contributed by atoms with E-state index in [9.17, 15) is 18.0 Å². The number of amides is 1. The van der Waals surface area contributed by atoms with Crippen LogP contribution in [0.25, 0.3) is 11.3 Å². The summed E-state index contributed by atoms with van der Waals surface area (Å²) in [4.78, 5) is 29.0. The first-order valence-corrected chi connectivity index (χ1v) is 13.6. The summed E-state index contributed by atoms with van der Waals surface area (Å²) in [6, 6.07) is 11.2. The van der Waals surface area contributed by atoms with Gasteiger partial charge in [-0.05, 0) is 31.2 Å². The summed E-state index contributed by atoms with van der Waals surface area (Å²) in [5, 5.41) is 6.65. The Hall–Kier alpha value is -2.60. The number of carbonyl (C=O) groups excluding carboxylic acids is 2. The van der Waals surface area contributed by atoms with Gasteiger partial charge in [-0.15, -0.1) is 22.7 Å². The second-order valence-corrected chi connectivity index (χ2v) is 11.6. The molecular weight excluding hydrogens is 482 g/mol. The third-order valence-electron chi connectivity index (χ3n) is 5.32. The molecule has 0 bridgehead atoms. The number of hydrogen-bond donors (Lipinski definition) is 1. The van der Waals surface area contributed by atoms with Gasteiger partial charge >= 0.3 is 5.97 Å². The van der Waals surface area contributed by atoms with Crippen LogP contribution in [0, 0.1) is 12.8 Å². The van der Waals surface area contributed by atoms with Gasteiger partial charge in [0.2, 0.25) is 0 Å². The number of benzene rings is 1. The van der Waals surface area contributed by atoms with Crippen molar-refractivity contribution in [2.45, 2.75) is 24.0 Å². The van der Waals surface area contributed by atoms with Gasteiger partial charge in [0.15, 0.2) is 11.7 Å². The quantitative estimate of drug-likeness (QED) is 0.490. The third-order valence-corrected chi connectivity index (χ3v) is 9.35. The number of nitrogens with zero attached hydrogens (tertiary/aromatic N) is 2. The van der Waals surface area contributed by atoms with E-state index in [-0.39, 0.29) is 13.1 Å². The minimum Gasteiger partial charge on any atom is -0.455 e. The number of ether oxygens (including phenoxy) is 1. The molecule has 0 unspecified atom stereocenters. The zero-order chi connectivity index (χ0) is 23.4. The molecule has 174 valence electrons. The van der Waals surface area contributed by atoms with E-state index in [1.165, 1.54) is 27.0 Å². The Bertz CT molecular complexity index is 1210. The van der Waals surface area contributed by atoms with Crippen molar-refractivity contribution in [1.29, 1.82) is 0 Å². The number of nitrogens with one attached hydrogen (secondary N) is 1. The maximum atomic E-state index is 12.6. The number of aryl methyl sites for hydroxylation is 1. The Morgan fingerprint density at radius 1 is 1.15 bits per heavy atom. The lowest BCUT2D eigenvalue weighted by atomic mass is 9.98. The molecule has 3 heterocycles. The first-order chi connectivity index (χ1) is 15.8. The van der Waals surface area contributed by atoms with Gasteiger partial charge in [0.25, 0.3) is 15.9 Å². The number of aromatic nitrogens is 1. The van der Waals surface area contributed by atoms with Gasteiger partial charge in [-0.3, -0.25) is 14.9 Å². The van der Waals surface area contributed by atoms with Crippen molar-refractivity contribution in [1.82, 2.24) is 9.29 Å². The lowest BCUT2D eigenvalue weighted by Crippen LogP contribution is -2.40. The van der Waals surface area contributed by atoms with Crippen molar-refractivity contribution in [3.05, 3.63) is 52.7 Å². The van der Waals surface area contributed by atoms with Crippen molar-refractivity contribution in [3.63, 3.8) is 0 Å². The second kappa shape index (κ2) is 10.1. The van der Waals surface area contributed by atoms with Gasteiger partial charge in [-0.25, -0.2) is 13.4 Å². The highest BCUT2D eigenvalue weighted by Crippen LogP contribution is 2.27. The fourth-order valence-electron chi connectivity index (χ4n) is 3.47. The van der Waals surface area contributed by atoms with Gasteiger partial charge in [-0.1, -0.05) is 35.9 Å². The molecular formula is C22H23N3O5S3. The van der Waals surface area contributed by atoms with E-state index in [0.717, 1.165) is 16.8 Å². The maximum absolute atomic E-state index is 12.6. The van der Waals surface area contributed by atoms with E-state index in [1.54, 1.807) is 17.5 Å². The van der Waals surface area contributed by atoms with Gasteiger partial charge < -0.3 is 4.74 Å². The zero-order valence-corrected chi connectivity index (χ0v) is 20.3. The van der Waals surface area contributed by atoms with E-state index in [0.29, 0.717) is 22.2 Å². The van der Waals surface area contributed by atoms with Gasteiger partial charge in [0.05, 0.1) is 11.6 Å². The number of thiophene rings is 1. The van der Waals surface area contributed by atoms with Crippen LogP contribution in [0.15, 0.2) is 51.4 Å². The van der Waals surface area contributed by atoms with E-state index in [4.69, 9.17) is 4.74 Å². The molecule has 1 fully saturated rings. The summed E-state index contributed by atoms with van der Waals surface area (Å²) in [6.45, 7) is 2.08. The van der Waals surface area contributed by atoms with Crippen molar-refractivity contribution in [2.24, 2.45) is 5.92 Å². The molecule has 0 aliphatic carbocycles. The predicted molar refractivity (Wildman–Crippen MR) is 128 cm³/mol. The van der Waals surface area contributed by atoms with E-state index in [1.807, 2.05) is 36.6 Å². The standard InChI is InChI=1S/C22H23N3O5S3/c1-15-4-6-16(7-5-15)18-14-32-22(23-18)24-19(26)13-30-21(27)17-8-10-25(11-9-17)33(28,29)20-3-2-12-31-20/h2-7,12,14,17H,8-11,13H2,1H3,(H,23,24,26). The zero-order valence-electron chi connectivity index (χ0n) is 17.9. The molecule has 1 aliphatic heterocycles. The molecule has 11 heteroatoms.